The van der Waals surface area contributed by atoms with Crippen LogP contribution in [0, 0.1) is 0 Å². The third-order valence-corrected chi connectivity index (χ3v) is 8.87. The molecule has 0 bridgehead atoms. The summed E-state index contributed by atoms with van der Waals surface area (Å²) >= 11 is 0. The highest BCUT2D eigenvalue weighted by molar-refractivity contribution is 5.95. The van der Waals surface area contributed by atoms with Crippen LogP contribution < -0.4 is 15.4 Å². The normalized spacial score (nSPS) is 14.2. The molecule has 1 saturated heterocycles. The van der Waals surface area contributed by atoms with E-state index in [-0.39, 0.29) is 12.5 Å². The fourth-order valence-corrected chi connectivity index (χ4v) is 5.93. The Kier molecular flexibility index (Phi) is 14.3. The molecule has 1 aliphatic rings. The van der Waals surface area contributed by atoms with Crippen molar-refractivity contribution in [2.75, 3.05) is 65.0 Å². The Hall–Kier alpha value is -4.85. The summed E-state index contributed by atoms with van der Waals surface area (Å²) in [5.41, 5.74) is 3.05. The number of carboxylic acid groups (broad SMARTS) is 1. The van der Waals surface area contributed by atoms with E-state index in [0.29, 0.717) is 57.2 Å². The number of carbonyl (C=O) groups is 2. The predicted molar refractivity (Wildman–Crippen MR) is 194 cm³/mol. The molecule has 1 aliphatic heterocycles. The SMILES string of the molecule is CN1CCC(Nc2cccc(C(=O)NCCc3ccc(OCCCCCOCCCOCC(=O)O)cc3)c2)(c2nnc(-c3ccncc3)[nH]2)CC1. The molecule has 0 saturated carbocycles. The highest BCUT2D eigenvalue weighted by atomic mass is 16.5. The molecule has 0 atom stereocenters. The number of ether oxygens (including phenoxy) is 3. The van der Waals surface area contributed by atoms with E-state index in [0.717, 1.165) is 73.6 Å². The monoisotopic (exact) mass is 699 g/mol. The first-order valence-corrected chi connectivity index (χ1v) is 17.7. The Bertz CT molecular complexity index is 1640. The summed E-state index contributed by atoms with van der Waals surface area (Å²) in [6, 6.07) is 19.4. The smallest absolute Gasteiger partial charge is 0.329 e. The fourth-order valence-electron chi connectivity index (χ4n) is 5.93. The number of benzene rings is 2. The minimum atomic E-state index is -0.957. The minimum absolute atomic E-state index is 0.120. The van der Waals surface area contributed by atoms with Crippen molar-refractivity contribution in [2.24, 2.45) is 0 Å². The average molecular weight is 700 g/mol. The number of piperidine rings is 1. The van der Waals surface area contributed by atoms with Crippen molar-refractivity contribution in [2.45, 2.75) is 50.5 Å². The lowest BCUT2D eigenvalue weighted by molar-refractivity contribution is -0.142. The first-order chi connectivity index (χ1) is 24.9. The number of likely N-dealkylation sites (tertiary alicyclic amines) is 1. The molecule has 4 aromatic rings. The number of nitrogens with one attached hydrogen (secondary N) is 3. The van der Waals surface area contributed by atoms with E-state index in [4.69, 9.17) is 19.3 Å². The minimum Gasteiger partial charge on any atom is -0.494 e. The van der Waals surface area contributed by atoms with Gasteiger partial charge in [-0.15, -0.1) is 10.2 Å². The van der Waals surface area contributed by atoms with Crippen LogP contribution in [0.1, 0.15) is 60.3 Å². The molecule has 1 fully saturated rings. The largest absolute Gasteiger partial charge is 0.494 e. The summed E-state index contributed by atoms with van der Waals surface area (Å²) in [6.07, 6.45) is 9.42. The van der Waals surface area contributed by atoms with Gasteiger partial charge in [-0.2, -0.15) is 0 Å². The molecule has 5 rings (SSSR count). The topological polar surface area (TPSA) is 164 Å². The number of rotatable bonds is 21. The zero-order valence-electron chi connectivity index (χ0n) is 29.3. The van der Waals surface area contributed by atoms with Gasteiger partial charge in [-0.3, -0.25) is 9.78 Å². The van der Waals surface area contributed by atoms with Crippen molar-refractivity contribution in [3.63, 3.8) is 0 Å². The van der Waals surface area contributed by atoms with Gasteiger partial charge in [0.2, 0.25) is 0 Å². The lowest BCUT2D eigenvalue weighted by Crippen LogP contribution is -2.46. The molecular weight excluding hydrogens is 650 g/mol. The molecule has 2 aromatic carbocycles. The summed E-state index contributed by atoms with van der Waals surface area (Å²) in [5, 5.41) is 24.3. The van der Waals surface area contributed by atoms with Crippen molar-refractivity contribution in [3.05, 3.63) is 90.0 Å². The van der Waals surface area contributed by atoms with Gasteiger partial charge in [0, 0.05) is 68.7 Å². The van der Waals surface area contributed by atoms with Crippen LogP contribution in [0.15, 0.2) is 73.1 Å². The van der Waals surface area contributed by atoms with E-state index in [1.807, 2.05) is 60.7 Å². The van der Waals surface area contributed by atoms with Crippen LogP contribution in [0.5, 0.6) is 5.75 Å². The fraction of sp³-hybridized carbons (Fsp3) is 0.447. The highest BCUT2D eigenvalue weighted by Gasteiger charge is 2.39. The van der Waals surface area contributed by atoms with Crippen molar-refractivity contribution in [1.29, 1.82) is 0 Å². The van der Waals surface area contributed by atoms with Gasteiger partial charge in [-0.25, -0.2) is 4.79 Å². The predicted octanol–water partition coefficient (Wildman–Crippen LogP) is 4.93. The van der Waals surface area contributed by atoms with Gasteiger partial charge < -0.3 is 39.8 Å². The van der Waals surface area contributed by atoms with Gasteiger partial charge in [0.25, 0.3) is 5.91 Å². The number of carboxylic acids is 1. The van der Waals surface area contributed by atoms with Crippen molar-refractivity contribution >= 4 is 17.6 Å². The molecule has 272 valence electrons. The summed E-state index contributed by atoms with van der Waals surface area (Å²) in [7, 11) is 2.12. The Balaban J connectivity index is 1.02. The summed E-state index contributed by atoms with van der Waals surface area (Å²) < 4.78 is 16.4. The van der Waals surface area contributed by atoms with Gasteiger partial charge >= 0.3 is 5.97 Å². The van der Waals surface area contributed by atoms with Crippen LogP contribution in [0.25, 0.3) is 11.4 Å². The van der Waals surface area contributed by atoms with Gasteiger partial charge in [-0.05, 0) is 100 Å². The molecule has 2 aromatic heterocycles. The molecular formula is C38H49N7O6. The van der Waals surface area contributed by atoms with E-state index >= 15 is 0 Å². The standard InChI is InChI=1S/C38H49N7O6/c1-45-21-16-38(17-22-45,37-41-35(43-44-37)30-14-18-39-19-15-30)42-32-8-5-7-31(27-32)36(48)40-20-13-29-9-11-33(12-10-29)51-26-4-2-3-23-49-24-6-25-50-28-34(46)47/h5,7-12,14-15,18-19,27,42H,2-4,6,13,16-17,20-26,28H2,1H3,(H,40,48)(H,46,47)(H,41,43,44). The Labute approximate surface area is 299 Å². The molecule has 4 N–H and O–H groups in total. The van der Waals surface area contributed by atoms with Crippen LogP contribution in [0.4, 0.5) is 5.69 Å². The molecule has 13 nitrogen and oxygen atoms in total. The molecule has 3 heterocycles. The number of aromatic nitrogens is 4. The second kappa shape index (κ2) is 19.5. The van der Waals surface area contributed by atoms with Gasteiger partial charge in [0.05, 0.1) is 12.1 Å². The van der Waals surface area contributed by atoms with Crippen LogP contribution in [-0.2, 0) is 26.2 Å². The number of hydrogen-bond acceptors (Lipinski definition) is 10. The second-order valence-electron chi connectivity index (χ2n) is 12.8. The first kappa shape index (κ1) is 37.4. The number of amides is 1. The molecule has 1 amide bonds. The quantitative estimate of drug-likeness (QED) is 0.0873. The number of carbonyl (C=O) groups excluding carboxylic acids is 1. The highest BCUT2D eigenvalue weighted by Crippen LogP contribution is 2.35. The number of H-pyrrole nitrogens is 1. The van der Waals surface area contributed by atoms with Crippen LogP contribution in [0.3, 0.4) is 0 Å². The number of hydrogen-bond donors (Lipinski definition) is 4. The lowest BCUT2D eigenvalue weighted by Gasteiger charge is -2.40. The number of unbranched alkanes of at least 4 members (excludes halogenated alkanes) is 2. The van der Waals surface area contributed by atoms with E-state index in [1.165, 1.54) is 0 Å². The number of nitrogens with zero attached hydrogens (tertiary/aromatic N) is 4. The van der Waals surface area contributed by atoms with Crippen LogP contribution in [0.2, 0.25) is 0 Å². The average Bonchev–Trinajstić information content (AvgIpc) is 3.66. The maximum atomic E-state index is 13.2. The van der Waals surface area contributed by atoms with Crippen molar-refractivity contribution in [3.8, 4) is 17.1 Å². The van der Waals surface area contributed by atoms with Crippen LogP contribution >= 0.6 is 0 Å². The molecule has 51 heavy (non-hydrogen) atoms. The summed E-state index contributed by atoms with van der Waals surface area (Å²) in [4.78, 5) is 33.4. The third-order valence-electron chi connectivity index (χ3n) is 8.87. The Morgan fingerprint density at radius 2 is 1.65 bits per heavy atom. The van der Waals surface area contributed by atoms with E-state index in [2.05, 4.69) is 42.7 Å². The molecule has 0 unspecified atom stereocenters. The van der Waals surface area contributed by atoms with Gasteiger partial charge in [0.1, 0.15) is 12.4 Å². The summed E-state index contributed by atoms with van der Waals surface area (Å²) in [5.74, 6) is 1.23. The van der Waals surface area contributed by atoms with Gasteiger partial charge in [-0.1, -0.05) is 18.2 Å². The number of aliphatic carboxylic acids is 1. The van der Waals surface area contributed by atoms with E-state index in [1.54, 1.807) is 12.4 Å². The van der Waals surface area contributed by atoms with Crippen LogP contribution in [-0.4, -0.2) is 102 Å². The number of aromatic amines is 1. The Morgan fingerprint density at radius 1 is 0.902 bits per heavy atom. The van der Waals surface area contributed by atoms with E-state index in [9.17, 15) is 9.59 Å². The molecule has 0 aliphatic carbocycles. The first-order valence-electron chi connectivity index (χ1n) is 17.7. The maximum Gasteiger partial charge on any atom is 0.329 e. The summed E-state index contributed by atoms with van der Waals surface area (Å²) in [6.45, 7) is 4.32. The zero-order chi connectivity index (χ0) is 35.7. The molecule has 13 heteroatoms. The van der Waals surface area contributed by atoms with Crippen molar-refractivity contribution in [1.82, 2.24) is 30.4 Å². The van der Waals surface area contributed by atoms with Crippen molar-refractivity contribution < 1.29 is 28.9 Å². The molecule has 0 radical (unpaired) electrons. The lowest BCUT2D eigenvalue weighted by atomic mass is 9.86. The van der Waals surface area contributed by atoms with Gasteiger partial charge in [0.15, 0.2) is 11.6 Å². The molecule has 0 spiro atoms. The zero-order valence-corrected chi connectivity index (χ0v) is 29.3. The second-order valence-corrected chi connectivity index (χ2v) is 12.8. The Morgan fingerprint density at radius 3 is 2.43 bits per heavy atom. The number of anilines is 1. The third kappa shape index (κ3) is 11.9. The van der Waals surface area contributed by atoms with E-state index < -0.39 is 11.5 Å². The number of pyridine rings is 1. The maximum absolute atomic E-state index is 13.2.